The summed E-state index contributed by atoms with van der Waals surface area (Å²) in [6.45, 7) is 4.48. The fraction of sp³-hybridized carbons (Fsp3) is 0.375. The van der Waals surface area contributed by atoms with Gasteiger partial charge in [0.2, 0.25) is 5.91 Å². The van der Waals surface area contributed by atoms with E-state index in [1.165, 1.54) is 0 Å². The van der Waals surface area contributed by atoms with Gasteiger partial charge in [-0.05, 0) is 30.5 Å². The van der Waals surface area contributed by atoms with Crippen molar-refractivity contribution >= 4 is 34.1 Å². The van der Waals surface area contributed by atoms with Crippen molar-refractivity contribution < 1.29 is 4.79 Å². The van der Waals surface area contributed by atoms with Crippen molar-refractivity contribution in [3.63, 3.8) is 0 Å². The zero-order valence-corrected chi connectivity index (χ0v) is 13.0. The van der Waals surface area contributed by atoms with Crippen LogP contribution in [0.2, 0.25) is 5.02 Å². The number of nitrogens with two attached hydrogens (primary N) is 1. The van der Waals surface area contributed by atoms with Gasteiger partial charge in [0.15, 0.2) is 0 Å². The second kappa shape index (κ2) is 6.87. The summed E-state index contributed by atoms with van der Waals surface area (Å²) in [5.74, 6) is 0.127. The fourth-order valence-electron chi connectivity index (χ4n) is 2.37. The molecular weight excluding hydrogens is 286 g/mol. The maximum absolute atomic E-state index is 12.4. The molecule has 1 aromatic carbocycles. The molecule has 0 spiro atoms. The summed E-state index contributed by atoms with van der Waals surface area (Å²) in [4.78, 5) is 16.7. The number of aromatic nitrogens is 1. The Balaban J connectivity index is 2.28. The molecule has 3 N–H and O–H groups in total. The van der Waals surface area contributed by atoms with Crippen molar-refractivity contribution in [2.24, 2.45) is 17.6 Å². The van der Waals surface area contributed by atoms with Gasteiger partial charge in [-0.15, -0.1) is 0 Å². The first-order chi connectivity index (χ1) is 10.0. The number of pyridine rings is 1. The molecule has 0 aliphatic heterocycles. The van der Waals surface area contributed by atoms with E-state index in [-0.39, 0.29) is 11.8 Å². The second-order valence-electron chi connectivity index (χ2n) is 5.58. The highest BCUT2D eigenvalue weighted by atomic mass is 35.5. The van der Waals surface area contributed by atoms with Crippen LogP contribution in [-0.4, -0.2) is 17.4 Å². The van der Waals surface area contributed by atoms with Crippen molar-refractivity contribution in [1.82, 2.24) is 4.98 Å². The van der Waals surface area contributed by atoms with Gasteiger partial charge >= 0.3 is 0 Å². The molecule has 0 radical (unpaired) electrons. The van der Waals surface area contributed by atoms with E-state index < -0.39 is 0 Å². The second-order valence-corrected chi connectivity index (χ2v) is 6.02. The average molecular weight is 306 g/mol. The van der Waals surface area contributed by atoms with Crippen molar-refractivity contribution in [3.05, 3.63) is 35.5 Å². The first kappa shape index (κ1) is 15.7. The van der Waals surface area contributed by atoms with Gasteiger partial charge in [-0.2, -0.15) is 0 Å². The molecule has 5 heteroatoms. The zero-order valence-electron chi connectivity index (χ0n) is 12.3. The lowest BCUT2D eigenvalue weighted by molar-refractivity contribution is -0.120. The van der Waals surface area contributed by atoms with Crippen molar-refractivity contribution in [2.75, 3.05) is 11.9 Å². The third-order valence-electron chi connectivity index (χ3n) is 3.34. The summed E-state index contributed by atoms with van der Waals surface area (Å²) in [7, 11) is 0. The molecular formula is C16H20ClN3O. The number of carbonyl (C=O) groups excluding carboxylic acids is 1. The lowest BCUT2D eigenvalue weighted by Gasteiger charge is -2.17. The van der Waals surface area contributed by atoms with E-state index in [1.807, 2.05) is 18.2 Å². The SMILES string of the molecule is CC(C)CC(CN)C(=O)Nc1cc(Cl)cc2cccnc12. The Labute approximate surface area is 129 Å². The van der Waals surface area contributed by atoms with E-state index in [1.54, 1.807) is 12.3 Å². The van der Waals surface area contributed by atoms with Gasteiger partial charge in [-0.1, -0.05) is 31.5 Å². The maximum atomic E-state index is 12.4. The number of benzene rings is 1. The van der Waals surface area contributed by atoms with Crippen molar-refractivity contribution in [1.29, 1.82) is 0 Å². The summed E-state index contributed by atoms with van der Waals surface area (Å²) in [5, 5.41) is 4.38. The highest BCUT2D eigenvalue weighted by molar-refractivity contribution is 6.32. The van der Waals surface area contributed by atoms with Crippen LogP contribution in [0.25, 0.3) is 10.9 Å². The fourth-order valence-corrected chi connectivity index (χ4v) is 2.59. The summed E-state index contributed by atoms with van der Waals surface area (Å²) in [5.41, 5.74) is 7.08. The first-order valence-electron chi connectivity index (χ1n) is 7.06. The van der Waals surface area contributed by atoms with Crippen LogP contribution in [0.1, 0.15) is 20.3 Å². The molecule has 0 fully saturated rings. The van der Waals surface area contributed by atoms with Gasteiger partial charge in [0.1, 0.15) is 0 Å². The highest BCUT2D eigenvalue weighted by Gasteiger charge is 2.19. The predicted molar refractivity (Wildman–Crippen MR) is 87.4 cm³/mol. The highest BCUT2D eigenvalue weighted by Crippen LogP contribution is 2.27. The van der Waals surface area contributed by atoms with Gasteiger partial charge in [-0.25, -0.2) is 0 Å². The summed E-state index contributed by atoms with van der Waals surface area (Å²) >= 11 is 6.10. The Morgan fingerprint density at radius 2 is 2.19 bits per heavy atom. The molecule has 0 saturated carbocycles. The minimum atomic E-state index is -0.206. The molecule has 0 aliphatic carbocycles. The number of fused-ring (bicyclic) bond motifs is 1. The number of hydrogen-bond acceptors (Lipinski definition) is 3. The first-order valence-corrected chi connectivity index (χ1v) is 7.44. The Morgan fingerprint density at radius 1 is 1.43 bits per heavy atom. The Morgan fingerprint density at radius 3 is 2.86 bits per heavy atom. The van der Waals surface area contributed by atoms with Crippen LogP contribution < -0.4 is 11.1 Å². The molecule has 2 rings (SSSR count). The van der Waals surface area contributed by atoms with Crippen molar-refractivity contribution in [3.8, 4) is 0 Å². The molecule has 0 saturated heterocycles. The van der Waals surface area contributed by atoms with Crippen LogP contribution >= 0.6 is 11.6 Å². The molecule has 1 aromatic heterocycles. The molecule has 4 nitrogen and oxygen atoms in total. The number of anilines is 1. The number of hydrogen-bond donors (Lipinski definition) is 2. The molecule has 112 valence electrons. The Bertz CT molecular complexity index is 642. The van der Waals surface area contributed by atoms with E-state index in [2.05, 4.69) is 24.1 Å². The van der Waals surface area contributed by atoms with E-state index in [9.17, 15) is 4.79 Å². The lowest BCUT2D eigenvalue weighted by atomic mass is 9.96. The molecule has 1 amide bonds. The van der Waals surface area contributed by atoms with E-state index in [4.69, 9.17) is 17.3 Å². The standard InChI is InChI=1S/C16H20ClN3O/c1-10(2)6-12(9-18)16(21)20-14-8-13(17)7-11-4-3-5-19-15(11)14/h3-5,7-8,10,12H,6,9,18H2,1-2H3,(H,20,21). The summed E-state index contributed by atoms with van der Waals surface area (Å²) in [6.07, 6.45) is 2.45. The molecule has 2 aromatic rings. The molecule has 21 heavy (non-hydrogen) atoms. The number of amides is 1. The van der Waals surface area contributed by atoms with Crippen LogP contribution in [0.5, 0.6) is 0 Å². The van der Waals surface area contributed by atoms with Gasteiger partial charge in [0, 0.05) is 23.2 Å². The topological polar surface area (TPSA) is 68.0 Å². The van der Waals surface area contributed by atoms with Gasteiger partial charge in [0.05, 0.1) is 17.1 Å². The van der Waals surface area contributed by atoms with Gasteiger partial charge in [-0.3, -0.25) is 9.78 Å². The molecule has 1 heterocycles. The number of nitrogens with zero attached hydrogens (tertiary/aromatic N) is 1. The number of halogens is 1. The quantitative estimate of drug-likeness (QED) is 0.889. The third kappa shape index (κ3) is 3.93. The normalized spacial score (nSPS) is 12.6. The Hall–Kier alpha value is -1.65. The van der Waals surface area contributed by atoms with E-state index in [0.29, 0.717) is 23.2 Å². The zero-order chi connectivity index (χ0) is 15.4. The van der Waals surface area contributed by atoms with Crippen LogP contribution in [0.15, 0.2) is 30.5 Å². The third-order valence-corrected chi connectivity index (χ3v) is 3.56. The summed E-state index contributed by atoms with van der Waals surface area (Å²) < 4.78 is 0. The van der Waals surface area contributed by atoms with E-state index >= 15 is 0 Å². The van der Waals surface area contributed by atoms with Crippen LogP contribution in [0.4, 0.5) is 5.69 Å². The van der Waals surface area contributed by atoms with Crippen LogP contribution in [-0.2, 0) is 4.79 Å². The number of nitrogens with one attached hydrogen (secondary N) is 1. The minimum absolute atomic E-state index is 0.0829. The smallest absolute Gasteiger partial charge is 0.228 e. The molecule has 1 atom stereocenters. The Kier molecular flexibility index (Phi) is 5.15. The largest absolute Gasteiger partial charge is 0.330 e. The maximum Gasteiger partial charge on any atom is 0.228 e. The lowest BCUT2D eigenvalue weighted by Crippen LogP contribution is -2.30. The molecule has 0 aliphatic rings. The number of carbonyl (C=O) groups is 1. The molecule has 1 unspecified atom stereocenters. The van der Waals surface area contributed by atoms with Crippen LogP contribution in [0, 0.1) is 11.8 Å². The minimum Gasteiger partial charge on any atom is -0.330 e. The van der Waals surface area contributed by atoms with Gasteiger partial charge in [0.25, 0.3) is 0 Å². The van der Waals surface area contributed by atoms with Crippen LogP contribution in [0.3, 0.4) is 0 Å². The van der Waals surface area contributed by atoms with Gasteiger partial charge < -0.3 is 11.1 Å². The number of rotatable bonds is 5. The average Bonchev–Trinajstić information content (AvgIpc) is 2.44. The summed E-state index contributed by atoms with van der Waals surface area (Å²) in [6, 6.07) is 7.30. The predicted octanol–water partition coefficient (Wildman–Crippen LogP) is 3.45. The van der Waals surface area contributed by atoms with Crippen molar-refractivity contribution in [2.45, 2.75) is 20.3 Å². The van der Waals surface area contributed by atoms with E-state index in [0.717, 1.165) is 17.3 Å². The monoisotopic (exact) mass is 305 g/mol. The molecule has 0 bridgehead atoms.